The molecule has 4 heterocycles. The van der Waals surface area contributed by atoms with E-state index in [-0.39, 0.29) is 11.8 Å². The lowest BCUT2D eigenvalue weighted by Crippen LogP contribution is -2.39. The van der Waals surface area contributed by atoms with Crippen LogP contribution in [0.1, 0.15) is 53.0 Å². The minimum Gasteiger partial charge on any atom is -0.357 e. The SMILES string of the molecule is CCn1cc(C(=O)N2CCC[C@H](c3[nH]c4c(C)cccc4c3-c3ccncc3)C2)c(C)n1. The predicted molar refractivity (Wildman–Crippen MR) is 127 cm³/mol. The molecule has 1 aromatic carbocycles. The van der Waals surface area contributed by atoms with Gasteiger partial charge in [0.25, 0.3) is 5.91 Å². The number of piperidine rings is 1. The molecule has 4 aromatic rings. The highest BCUT2D eigenvalue weighted by Crippen LogP contribution is 2.40. The monoisotopic (exact) mass is 427 g/mol. The van der Waals surface area contributed by atoms with Crippen molar-refractivity contribution in [1.29, 1.82) is 0 Å². The summed E-state index contributed by atoms with van der Waals surface area (Å²) < 4.78 is 1.84. The van der Waals surface area contributed by atoms with Crippen molar-refractivity contribution >= 4 is 16.8 Å². The Morgan fingerprint density at radius 1 is 1.19 bits per heavy atom. The number of amides is 1. The number of nitrogens with zero attached hydrogens (tertiary/aromatic N) is 4. The Hall–Kier alpha value is -3.41. The highest BCUT2D eigenvalue weighted by Gasteiger charge is 2.30. The summed E-state index contributed by atoms with van der Waals surface area (Å²) in [6.45, 7) is 8.36. The number of aryl methyl sites for hydroxylation is 3. The van der Waals surface area contributed by atoms with E-state index in [1.165, 1.54) is 27.7 Å². The number of benzene rings is 1. The average molecular weight is 428 g/mol. The minimum absolute atomic E-state index is 0.0876. The number of aromatic amines is 1. The zero-order valence-corrected chi connectivity index (χ0v) is 18.9. The van der Waals surface area contributed by atoms with Crippen molar-refractivity contribution in [3.05, 3.63) is 71.4 Å². The normalized spacial score (nSPS) is 16.6. The molecule has 1 saturated heterocycles. The van der Waals surface area contributed by atoms with Crippen LogP contribution in [0.2, 0.25) is 0 Å². The van der Waals surface area contributed by atoms with Gasteiger partial charge in [-0.1, -0.05) is 18.2 Å². The van der Waals surface area contributed by atoms with Gasteiger partial charge in [-0.15, -0.1) is 0 Å². The lowest BCUT2D eigenvalue weighted by molar-refractivity contribution is 0.0705. The van der Waals surface area contributed by atoms with Gasteiger partial charge in [0.2, 0.25) is 0 Å². The second-order valence-electron chi connectivity index (χ2n) is 8.72. The van der Waals surface area contributed by atoms with E-state index >= 15 is 0 Å². The second kappa shape index (κ2) is 8.26. The van der Waals surface area contributed by atoms with Crippen LogP contribution in [0.15, 0.2) is 48.9 Å². The van der Waals surface area contributed by atoms with Gasteiger partial charge in [0.15, 0.2) is 0 Å². The molecule has 1 atom stereocenters. The predicted octanol–water partition coefficient (Wildman–Crippen LogP) is 5.08. The third-order valence-corrected chi connectivity index (χ3v) is 6.66. The van der Waals surface area contributed by atoms with E-state index in [2.05, 4.69) is 52.3 Å². The second-order valence-corrected chi connectivity index (χ2v) is 8.72. The number of fused-ring (bicyclic) bond motifs is 1. The Bertz CT molecular complexity index is 1270. The highest BCUT2D eigenvalue weighted by atomic mass is 16.2. The van der Waals surface area contributed by atoms with Gasteiger partial charge < -0.3 is 9.88 Å². The highest BCUT2D eigenvalue weighted by molar-refractivity contribution is 5.99. The first-order valence-corrected chi connectivity index (χ1v) is 11.4. The van der Waals surface area contributed by atoms with Crippen LogP contribution >= 0.6 is 0 Å². The van der Waals surface area contributed by atoms with E-state index in [4.69, 9.17) is 0 Å². The number of hydrogen-bond donors (Lipinski definition) is 1. The van der Waals surface area contributed by atoms with Crippen molar-refractivity contribution in [2.45, 2.75) is 46.1 Å². The van der Waals surface area contributed by atoms with E-state index in [1.54, 1.807) is 0 Å². The summed E-state index contributed by atoms with van der Waals surface area (Å²) >= 11 is 0. The molecule has 3 aromatic heterocycles. The topological polar surface area (TPSA) is 66.8 Å². The molecule has 6 heteroatoms. The van der Waals surface area contributed by atoms with Crippen molar-refractivity contribution in [3.8, 4) is 11.1 Å². The summed E-state index contributed by atoms with van der Waals surface area (Å²) in [4.78, 5) is 23.3. The van der Waals surface area contributed by atoms with Gasteiger partial charge in [-0.3, -0.25) is 14.5 Å². The van der Waals surface area contributed by atoms with Crippen molar-refractivity contribution in [1.82, 2.24) is 24.6 Å². The average Bonchev–Trinajstić information content (AvgIpc) is 3.41. The molecule has 0 saturated carbocycles. The Labute approximate surface area is 188 Å². The van der Waals surface area contributed by atoms with Gasteiger partial charge in [-0.25, -0.2) is 0 Å². The smallest absolute Gasteiger partial charge is 0.257 e. The zero-order chi connectivity index (χ0) is 22.2. The molecule has 0 unspecified atom stereocenters. The molecule has 6 nitrogen and oxygen atoms in total. The summed E-state index contributed by atoms with van der Waals surface area (Å²) in [5.74, 6) is 0.342. The number of carbonyl (C=O) groups excluding carboxylic acids is 1. The van der Waals surface area contributed by atoms with E-state index in [9.17, 15) is 4.79 Å². The molecule has 0 spiro atoms. The first kappa shape index (κ1) is 20.5. The Morgan fingerprint density at radius 3 is 2.75 bits per heavy atom. The zero-order valence-electron chi connectivity index (χ0n) is 18.9. The van der Waals surface area contributed by atoms with Crippen LogP contribution in [0.4, 0.5) is 0 Å². The maximum absolute atomic E-state index is 13.4. The third-order valence-electron chi connectivity index (χ3n) is 6.66. The number of rotatable bonds is 4. The molecule has 1 aliphatic rings. The first-order chi connectivity index (χ1) is 15.6. The number of hydrogen-bond acceptors (Lipinski definition) is 3. The fourth-order valence-corrected chi connectivity index (χ4v) is 4.98. The summed E-state index contributed by atoms with van der Waals surface area (Å²) in [5, 5.41) is 5.70. The van der Waals surface area contributed by atoms with Crippen LogP contribution in [-0.2, 0) is 6.54 Å². The van der Waals surface area contributed by atoms with Crippen LogP contribution in [-0.4, -0.2) is 43.6 Å². The number of nitrogens with one attached hydrogen (secondary N) is 1. The molecule has 1 N–H and O–H groups in total. The molecule has 5 rings (SSSR count). The van der Waals surface area contributed by atoms with Gasteiger partial charge in [-0.2, -0.15) is 5.10 Å². The van der Waals surface area contributed by atoms with E-state index < -0.39 is 0 Å². The number of aromatic nitrogens is 4. The van der Waals surface area contributed by atoms with Crippen LogP contribution in [0, 0.1) is 13.8 Å². The summed E-state index contributed by atoms with van der Waals surface area (Å²) in [7, 11) is 0. The third kappa shape index (κ3) is 3.49. The van der Waals surface area contributed by atoms with Gasteiger partial charge in [0.05, 0.1) is 11.3 Å². The summed E-state index contributed by atoms with van der Waals surface area (Å²) in [6, 6.07) is 10.6. The molecule has 1 amide bonds. The van der Waals surface area contributed by atoms with Crippen LogP contribution in [0.5, 0.6) is 0 Å². The molecule has 1 fully saturated rings. The Morgan fingerprint density at radius 2 is 2.00 bits per heavy atom. The molecule has 0 bridgehead atoms. The first-order valence-electron chi connectivity index (χ1n) is 11.4. The number of likely N-dealkylation sites (tertiary alicyclic amines) is 1. The Kier molecular flexibility index (Phi) is 5.29. The molecule has 0 radical (unpaired) electrons. The van der Waals surface area contributed by atoms with E-state index in [1.807, 2.05) is 42.0 Å². The molecule has 32 heavy (non-hydrogen) atoms. The summed E-state index contributed by atoms with van der Waals surface area (Å²) in [6.07, 6.45) is 7.62. The standard InChI is InChI=1S/C26H29N5O/c1-4-31-16-22(18(3)29-31)26(32)30-14-6-8-20(15-30)25-23(19-10-12-27-13-11-19)21-9-5-7-17(2)24(21)28-25/h5,7,9-13,16,20,28H,4,6,8,14-15H2,1-3H3/t20-/m0/s1. The minimum atomic E-state index is 0.0876. The van der Waals surface area contributed by atoms with Crippen molar-refractivity contribution in [2.75, 3.05) is 13.1 Å². The van der Waals surface area contributed by atoms with E-state index in [0.717, 1.165) is 37.2 Å². The fourth-order valence-electron chi connectivity index (χ4n) is 4.98. The maximum atomic E-state index is 13.4. The fraction of sp³-hybridized carbons (Fsp3) is 0.346. The quantitative estimate of drug-likeness (QED) is 0.494. The number of H-pyrrole nitrogens is 1. The summed E-state index contributed by atoms with van der Waals surface area (Å²) in [5.41, 5.74) is 7.55. The molecular weight excluding hydrogens is 398 g/mol. The lowest BCUT2D eigenvalue weighted by Gasteiger charge is -2.33. The van der Waals surface area contributed by atoms with Crippen molar-refractivity contribution in [3.63, 3.8) is 0 Å². The maximum Gasteiger partial charge on any atom is 0.257 e. The van der Waals surface area contributed by atoms with Gasteiger partial charge in [0, 0.05) is 66.3 Å². The largest absolute Gasteiger partial charge is 0.357 e. The Balaban J connectivity index is 1.53. The van der Waals surface area contributed by atoms with Gasteiger partial charge >= 0.3 is 0 Å². The van der Waals surface area contributed by atoms with Crippen molar-refractivity contribution < 1.29 is 4.79 Å². The molecule has 1 aliphatic heterocycles. The van der Waals surface area contributed by atoms with E-state index in [0.29, 0.717) is 12.1 Å². The number of para-hydroxylation sites is 1. The molecule has 164 valence electrons. The van der Waals surface area contributed by atoms with Crippen LogP contribution in [0.3, 0.4) is 0 Å². The van der Waals surface area contributed by atoms with Crippen LogP contribution < -0.4 is 0 Å². The van der Waals surface area contributed by atoms with Crippen molar-refractivity contribution in [2.24, 2.45) is 0 Å². The molecule has 0 aliphatic carbocycles. The number of pyridine rings is 1. The van der Waals surface area contributed by atoms with Gasteiger partial charge in [0.1, 0.15) is 0 Å². The molecular formula is C26H29N5O. The van der Waals surface area contributed by atoms with Gasteiger partial charge in [-0.05, 0) is 56.9 Å². The number of carbonyl (C=O) groups is 1. The van der Waals surface area contributed by atoms with Crippen LogP contribution in [0.25, 0.3) is 22.0 Å². The lowest BCUT2D eigenvalue weighted by atomic mass is 9.89.